The van der Waals surface area contributed by atoms with E-state index in [9.17, 15) is 52.7 Å². The van der Waals surface area contributed by atoms with Crippen LogP contribution in [0.3, 0.4) is 0 Å². The van der Waals surface area contributed by atoms with Crippen LogP contribution in [-0.4, -0.2) is 223 Å². The standard InChI is InChI=1S/C30H44N2O2.C18H29NO.C15H12N2O.C14H26NO2.C12H16N2O2.C10H20N2O2.C8H17NO2.C5H8O.C3H8/c1-5-9-15-23(7-3)21-31-29(33)27-19-13-11-17-25(27)26-18-12-14-20-28(26)30(34)32-22-24(8-4)16-10-6-2;1-4-6-7-8-9-10-11-16-12-14-17(15-13-16)19(3)18(20)5-2;1-11-2-6-13(7-3-11)15(18)17-14-8-4-12(10-16)5-9-14;1-5-15(6-2)13(16)10-17-14(15)8-7-11(3)9-12(14)4;1-13(2)11(15)9-7-5-6-8-10(9)12(16)14(3)4;1-11(2)9(13)7-5-6-8-10(14)12(3)4;1-5-11-8(10)7(2)6-9(3)4;6-5-3-1-2-4-5;1-3-2/h11-14,17-20,23-24H,5-10,15-16,21-22H2,1-4H3,(H,31,33)(H,32,34);12-15H,4-11H2,1-3H3;2-9H,1H3,(H,17,18);11-12H,5-10H2,1-4H3;5-8H,1-4H3;5-8H2,1-4H3;7H,5-6H2,1-4H3;1-4H2;3H2,1-2H3/q;;;+1;;;;;. The van der Waals surface area contributed by atoms with Gasteiger partial charge in [-0.3, -0.25) is 47.9 Å². The first-order valence-electron chi connectivity index (χ1n) is 51.5. The van der Waals surface area contributed by atoms with Crippen LogP contribution in [-0.2, 0) is 44.7 Å². The number of esters is 1. The van der Waals surface area contributed by atoms with Crippen molar-refractivity contribution in [3.63, 3.8) is 0 Å². The molecule has 1 saturated heterocycles. The number of hydrogen-bond acceptors (Lipinski definition) is 15. The van der Waals surface area contributed by atoms with Gasteiger partial charge in [0.1, 0.15) is 5.78 Å². The first-order valence-corrected chi connectivity index (χ1v) is 51.5. The molecule has 0 aromatic heterocycles. The summed E-state index contributed by atoms with van der Waals surface area (Å²) in [5.41, 5.74) is 8.83. The number of amides is 9. The number of carbonyl (C=O) groups excluding carboxylic acids is 11. The Hall–Kier alpha value is -10.7. The zero-order chi connectivity index (χ0) is 105. The monoisotopic (exact) mass is 1920 g/mol. The second-order valence-electron chi connectivity index (χ2n) is 37.8. The highest BCUT2D eigenvalue weighted by atomic mass is 16.5. The SMILES string of the molecule is CCC.CCCCC(CC)CNC(=O)c1ccccc1-c1ccccc1C(=O)NCC(CC)CCCC.CCCCCCCCc1ccc(N(C)C(=O)CC)cc1.CCOC(=O)C(C)CN(C)C.CC[N+]1(CC)C(=O)COC12CCC(C)CC2C.CN(C)C(=O)CCCCC(=O)N(C)C.CN(C)C(=O)c1ccccc1C(=O)N(C)C.Cc1ccc(C(=O)Nc2ccc(C#N)cc2)cc1.O=C1CCCC1. The highest BCUT2D eigenvalue weighted by Crippen LogP contribution is 2.49. The number of hydrogen-bond donors (Lipinski definition) is 3. The average Bonchev–Trinajstić information content (AvgIpc) is 1.58. The van der Waals surface area contributed by atoms with Crippen molar-refractivity contribution in [2.45, 2.75) is 289 Å². The lowest BCUT2D eigenvalue weighted by molar-refractivity contribution is -0.922. The predicted octanol–water partition coefficient (Wildman–Crippen LogP) is 23.0. The second-order valence-corrected chi connectivity index (χ2v) is 37.8. The van der Waals surface area contributed by atoms with Crippen molar-refractivity contribution >= 4 is 76.3 Å². The average molecular weight is 1920 g/mol. The van der Waals surface area contributed by atoms with E-state index >= 15 is 0 Å². The zero-order valence-electron chi connectivity index (χ0n) is 90.4. The zero-order valence-corrected chi connectivity index (χ0v) is 90.4. The Morgan fingerprint density at radius 2 is 0.971 bits per heavy atom. The van der Waals surface area contributed by atoms with E-state index in [4.69, 9.17) is 14.7 Å². The van der Waals surface area contributed by atoms with Gasteiger partial charge < -0.3 is 54.8 Å². The molecule has 6 unspecified atom stereocenters. The third-order valence-electron chi connectivity index (χ3n) is 25.2. The number of carbonyl (C=O) groups is 11. The number of rotatable bonds is 39. The fourth-order valence-corrected chi connectivity index (χ4v) is 16.5. The lowest BCUT2D eigenvalue weighted by Crippen LogP contribution is -2.67. The van der Waals surface area contributed by atoms with E-state index < -0.39 is 0 Å². The van der Waals surface area contributed by atoms with Crippen molar-refractivity contribution in [2.24, 2.45) is 29.6 Å². The van der Waals surface area contributed by atoms with Gasteiger partial charge in [-0.1, -0.05) is 232 Å². The van der Waals surface area contributed by atoms with Gasteiger partial charge in [-0.25, -0.2) is 9.28 Å². The molecule has 3 aliphatic rings. The van der Waals surface area contributed by atoms with Gasteiger partial charge in [0, 0.05) is 156 Å². The first-order chi connectivity index (χ1) is 66.2. The molecule has 0 radical (unpaired) electrons. The molecule has 9 amide bonds. The molecule has 6 aromatic rings. The predicted molar refractivity (Wildman–Crippen MR) is 570 cm³/mol. The maximum atomic E-state index is 13.2. The minimum atomic E-state index is -0.215. The van der Waals surface area contributed by atoms with Crippen LogP contribution in [0.15, 0.2) is 146 Å². The molecule has 6 atom stereocenters. The molecule has 139 heavy (non-hydrogen) atoms. The Morgan fingerprint density at radius 1 is 0.525 bits per heavy atom. The molecule has 6 aromatic carbocycles. The Bertz CT molecular complexity index is 4450. The number of Topliss-reactive ketones (excluding diaryl/α,β-unsaturated/α-hetero) is 1. The van der Waals surface area contributed by atoms with Gasteiger partial charge in [0.15, 0.2) is 6.61 Å². The number of anilines is 2. The molecule has 24 nitrogen and oxygen atoms in total. The van der Waals surface area contributed by atoms with Gasteiger partial charge in [0.05, 0.1) is 48.4 Å². The van der Waals surface area contributed by atoms with Crippen LogP contribution < -0.4 is 20.9 Å². The lowest BCUT2D eigenvalue weighted by Gasteiger charge is -2.50. The highest BCUT2D eigenvalue weighted by molar-refractivity contribution is 6.08. The summed E-state index contributed by atoms with van der Waals surface area (Å²) in [4.78, 5) is 139. The number of nitrogens with zero attached hydrogens (tertiary/aromatic N) is 8. The Balaban J connectivity index is 0.000000819. The minimum Gasteiger partial charge on any atom is -0.466 e. The van der Waals surface area contributed by atoms with Gasteiger partial charge >= 0.3 is 11.9 Å². The maximum absolute atomic E-state index is 13.2. The number of benzene rings is 6. The Labute approximate surface area is 838 Å². The fraction of sp³-hybridized carbons (Fsp3) is 0.583. The van der Waals surface area contributed by atoms with E-state index in [1.54, 1.807) is 132 Å². The molecule has 3 fully saturated rings. The molecule has 2 aliphatic carbocycles. The van der Waals surface area contributed by atoms with Gasteiger partial charge in [-0.05, 0) is 213 Å². The van der Waals surface area contributed by atoms with E-state index in [-0.39, 0.29) is 70.8 Å². The molecular formula is C115H180N11O13+. The summed E-state index contributed by atoms with van der Waals surface area (Å²) in [5, 5.41) is 17.7. The van der Waals surface area contributed by atoms with E-state index in [2.05, 4.69) is 116 Å². The first kappa shape index (κ1) is 126. The summed E-state index contributed by atoms with van der Waals surface area (Å²) < 4.78 is 11.5. The second kappa shape index (κ2) is 71.7. The van der Waals surface area contributed by atoms with Crippen LogP contribution in [0.5, 0.6) is 0 Å². The number of quaternary nitrogens is 1. The van der Waals surface area contributed by atoms with E-state index in [0.717, 1.165) is 125 Å². The van der Waals surface area contributed by atoms with Crippen LogP contribution in [0.25, 0.3) is 11.1 Å². The maximum Gasteiger partial charge on any atom is 0.342 e. The van der Waals surface area contributed by atoms with Crippen molar-refractivity contribution in [1.82, 2.24) is 35.1 Å². The van der Waals surface area contributed by atoms with Crippen LogP contribution in [0.1, 0.15) is 339 Å². The number of ketones is 1. The number of ether oxygens (including phenoxy) is 2. The smallest absolute Gasteiger partial charge is 0.342 e. The van der Waals surface area contributed by atoms with Gasteiger partial charge in [-0.2, -0.15) is 5.26 Å². The number of aryl methyl sites for hydroxylation is 2. The van der Waals surface area contributed by atoms with Crippen molar-refractivity contribution in [2.75, 3.05) is 134 Å². The molecule has 1 aliphatic heterocycles. The van der Waals surface area contributed by atoms with Crippen molar-refractivity contribution in [3.05, 3.63) is 190 Å². The molecule has 2 saturated carbocycles. The topological polar surface area (TPSA) is 286 Å². The Kier molecular flexibility index (Phi) is 65.1. The fourth-order valence-electron chi connectivity index (χ4n) is 16.5. The summed E-state index contributed by atoms with van der Waals surface area (Å²) in [7, 11) is 19.4. The summed E-state index contributed by atoms with van der Waals surface area (Å²) in [5.74, 6) is 2.63. The normalized spacial score (nSPS) is 15.1. The van der Waals surface area contributed by atoms with Gasteiger partial charge in [0.25, 0.3) is 29.5 Å². The molecular weight excluding hydrogens is 1740 g/mol. The summed E-state index contributed by atoms with van der Waals surface area (Å²) in [6.45, 7) is 36.3. The third kappa shape index (κ3) is 46.9. The number of unbranched alkanes of at least 4 members (excludes halogenated alkanes) is 8. The lowest BCUT2D eigenvalue weighted by atomic mass is 9.75. The van der Waals surface area contributed by atoms with Crippen LogP contribution in [0.4, 0.5) is 11.4 Å². The highest BCUT2D eigenvalue weighted by Gasteiger charge is 2.64. The molecule has 3 N–H and O–H groups in total. The largest absolute Gasteiger partial charge is 0.466 e. The molecule has 24 heteroatoms. The summed E-state index contributed by atoms with van der Waals surface area (Å²) >= 11 is 0. The van der Waals surface area contributed by atoms with Crippen molar-refractivity contribution < 1.29 is 66.7 Å². The van der Waals surface area contributed by atoms with Crippen molar-refractivity contribution in [1.29, 1.82) is 5.26 Å². The van der Waals surface area contributed by atoms with E-state index in [0.29, 0.717) is 113 Å². The molecule has 0 bridgehead atoms. The third-order valence-corrected chi connectivity index (χ3v) is 25.2. The van der Waals surface area contributed by atoms with Crippen LogP contribution >= 0.6 is 0 Å². The van der Waals surface area contributed by atoms with Crippen LogP contribution in [0, 0.1) is 47.8 Å². The van der Waals surface area contributed by atoms with E-state index in [1.807, 2.05) is 120 Å². The van der Waals surface area contributed by atoms with E-state index in [1.165, 1.54) is 98.8 Å². The molecule has 1 heterocycles. The quantitative estimate of drug-likeness (QED) is 0.0184. The molecule has 1 spiro atoms. The van der Waals surface area contributed by atoms with Gasteiger partial charge in [0.2, 0.25) is 23.4 Å². The number of nitriles is 1. The summed E-state index contributed by atoms with van der Waals surface area (Å²) in [6.07, 6.45) is 30.1. The minimum absolute atomic E-state index is 0.0232. The van der Waals surface area contributed by atoms with Crippen molar-refractivity contribution in [3.8, 4) is 17.2 Å². The molecule has 772 valence electrons. The molecule has 9 rings (SSSR count). The van der Waals surface area contributed by atoms with Crippen LogP contribution in [0.2, 0.25) is 0 Å². The number of likely N-dealkylation sites (N-methyl/N-ethyl adjacent to an activating group) is 1. The van der Waals surface area contributed by atoms with Gasteiger partial charge in [-0.15, -0.1) is 0 Å². The summed E-state index contributed by atoms with van der Waals surface area (Å²) in [6, 6.07) is 46.6. The Morgan fingerprint density at radius 3 is 1.36 bits per heavy atom. The number of nitrogens with one attached hydrogen (secondary N) is 3.